The van der Waals surface area contributed by atoms with E-state index in [4.69, 9.17) is 9.84 Å². The Bertz CT molecular complexity index is 1140. The van der Waals surface area contributed by atoms with Gasteiger partial charge >= 0.3 is 0 Å². The quantitative estimate of drug-likeness (QED) is 0.397. The highest BCUT2D eigenvalue weighted by atomic mass is 32.2. The summed E-state index contributed by atoms with van der Waals surface area (Å²) in [5.74, 6) is 0.507. The van der Waals surface area contributed by atoms with Gasteiger partial charge in [0.1, 0.15) is 12.4 Å². The van der Waals surface area contributed by atoms with Gasteiger partial charge in [-0.1, -0.05) is 60.2 Å². The van der Waals surface area contributed by atoms with Crippen LogP contribution in [0, 0.1) is 6.92 Å². The summed E-state index contributed by atoms with van der Waals surface area (Å²) in [5.41, 5.74) is 2.59. The largest absolute Gasteiger partial charge is 0.489 e. The fourth-order valence-electron chi connectivity index (χ4n) is 3.09. The van der Waals surface area contributed by atoms with Crippen LogP contribution in [-0.2, 0) is 16.6 Å². The number of aryl methyl sites for hydroxylation is 1. The minimum absolute atomic E-state index is 0.133. The molecule has 0 aliphatic heterocycles. The molecule has 6 nitrogen and oxygen atoms in total. The first-order valence-electron chi connectivity index (χ1n) is 10.2. The predicted octanol–water partition coefficient (Wildman–Crippen LogP) is 4.35. The molecule has 1 unspecified atom stereocenters. The normalized spacial score (nSPS) is 12.6. The van der Waals surface area contributed by atoms with E-state index >= 15 is 0 Å². The van der Waals surface area contributed by atoms with Crippen LogP contribution in [-0.4, -0.2) is 25.2 Å². The average Bonchev–Trinajstić information content (AvgIpc) is 2.79. The van der Waals surface area contributed by atoms with Crippen molar-refractivity contribution in [1.82, 2.24) is 0 Å². The zero-order valence-corrected chi connectivity index (χ0v) is 18.6. The van der Waals surface area contributed by atoms with E-state index in [1.54, 1.807) is 36.4 Å². The first-order chi connectivity index (χ1) is 15.4. The van der Waals surface area contributed by atoms with Crippen molar-refractivity contribution in [3.63, 3.8) is 0 Å². The highest BCUT2D eigenvalue weighted by molar-refractivity contribution is 7.92. The maximum atomic E-state index is 12.9. The van der Waals surface area contributed by atoms with E-state index in [1.807, 2.05) is 37.3 Å². The van der Waals surface area contributed by atoms with Gasteiger partial charge in [0.25, 0.3) is 10.0 Å². The number of hydrogen-bond donors (Lipinski definition) is 3. The van der Waals surface area contributed by atoms with Crippen molar-refractivity contribution in [3.8, 4) is 5.75 Å². The van der Waals surface area contributed by atoms with Crippen LogP contribution in [0.4, 0.5) is 5.69 Å². The van der Waals surface area contributed by atoms with Crippen molar-refractivity contribution >= 4 is 15.7 Å². The molecule has 0 spiro atoms. The zero-order chi connectivity index (χ0) is 23.0. The second-order valence-electron chi connectivity index (χ2n) is 7.35. The van der Waals surface area contributed by atoms with Crippen LogP contribution in [0.2, 0.25) is 0 Å². The number of hydrogen-bond acceptors (Lipinski definition) is 5. The van der Waals surface area contributed by atoms with Gasteiger partial charge in [-0.05, 0) is 49.2 Å². The monoisotopic (exact) mass is 453 g/mol. The molecule has 3 aromatic rings. The molecule has 3 rings (SSSR count). The first-order valence-corrected chi connectivity index (χ1v) is 11.7. The van der Waals surface area contributed by atoms with E-state index in [0.717, 1.165) is 11.1 Å². The Labute approximate surface area is 188 Å². The van der Waals surface area contributed by atoms with E-state index in [0.29, 0.717) is 17.9 Å². The third-order valence-electron chi connectivity index (χ3n) is 4.84. The van der Waals surface area contributed by atoms with Crippen LogP contribution < -0.4 is 9.46 Å². The number of rotatable bonds is 10. The zero-order valence-electron chi connectivity index (χ0n) is 17.8. The van der Waals surface area contributed by atoms with Crippen molar-refractivity contribution < 1.29 is 23.4 Å². The van der Waals surface area contributed by atoms with Crippen LogP contribution in [0.3, 0.4) is 0 Å². The number of nitrogens with one attached hydrogen (secondary N) is 1. The van der Waals surface area contributed by atoms with Gasteiger partial charge < -0.3 is 14.9 Å². The maximum absolute atomic E-state index is 12.9. The number of aliphatic hydroxyl groups excluding tert-OH is 2. The molecule has 1 atom stereocenters. The molecule has 3 aromatic carbocycles. The van der Waals surface area contributed by atoms with E-state index in [2.05, 4.69) is 4.72 Å². The first kappa shape index (κ1) is 23.5. The minimum atomic E-state index is -3.84. The molecular weight excluding hydrogens is 426 g/mol. The van der Waals surface area contributed by atoms with Crippen LogP contribution in [0.1, 0.15) is 29.2 Å². The lowest BCUT2D eigenvalue weighted by molar-refractivity contribution is 0.181. The van der Waals surface area contributed by atoms with Crippen LogP contribution in [0.5, 0.6) is 5.75 Å². The van der Waals surface area contributed by atoms with Crippen molar-refractivity contribution in [3.05, 3.63) is 102 Å². The van der Waals surface area contributed by atoms with Gasteiger partial charge in [0, 0.05) is 5.56 Å². The summed E-state index contributed by atoms with van der Waals surface area (Å²) in [6.07, 6.45) is 2.38. The molecule has 0 aliphatic carbocycles. The Kier molecular flexibility index (Phi) is 8.05. The number of aliphatic hydroxyl groups is 2. The summed E-state index contributed by atoms with van der Waals surface area (Å²) in [6, 6.07) is 21.1. The van der Waals surface area contributed by atoms with Crippen molar-refractivity contribution in [2.75, 3.05) is 11.3 Å². The molecule has 0 bridgehead atoms. The van der Waals surface area contributed by atoms with E-state index < -0.39 is 16.1 Å². The number of sulfonamides is 1. The molecule has 0 saturated heterocycles. The third kappa shape index (κ3) is 6.43. The molecule has 32 heavy (non-hydrogen) atoms. The van der Waals surface area contributed by atoms with Crippen molar-refractivity contribution in [2.24, 2.45) is 0 Å². The smallest absolute Gasteiger partial charge is 0.261 e. The molecule has 0 amide bonds. The third-order valence-corrected chi connectivity index (χ3v) is 6.22. The van der Waals surface area contributed by atoms with Crippen LogP contribution >= 0.6 is 0 Å². The summed E-state index contributed by atoms with van der Waals surface area (Å²) < 4.78 is 34.2. The Morgan fingerprint density at radius 2 is 1.72 bits per heavy atom. The summed E-state index contributed by atoms with van der Waals surface area (Å²) in [7, 11) is -3.84. The summed E-state index contributed by atoms with van der Waals surface area (Å²) in [5, 5.41) is 19.7. The molecule has 0 heterocycles. The molecule has 168 valence electrons. The number of ether oxygens (including phenoxy) is 1. The van der Waals surface area contributed by atoms with Gasteiger partial charge in [0.2, 0.25) is 0 Å². The molecular formula is C25H27NO5S. The second-order valence-corrected chi connectivity index (χ2v) is 9.03. The molecule has 0 fully saturated rings. The lowest BCUT2D eigenvalue weighted by Gasteiger charge is -2.18. The molecule has 7 heteroatoms. The summed E-state index contributed by atoms with van der Waals surface area (Å²) >= 11 is 0. The highest BCUT2D eigenvalue weighted by Gasteiger charge is 2.19. The Hall–Kier alpha value is -3.13. The van der Waals surface area contributed by atoms with Gasteiger partial charge in [-0.15, -0.1) is 0 Å². The molecule has 0 aromatic heterocycles. The Balaban J connectivity index is 1.87. The lowest BCUT2D eigenvalue weighted by atomic mass is 10.0. The van der Waals surface area contributed by atoms with Crippen molar-refractivity contribution in [2.45, 2.75) is 31.0 Å². The van der Waals surface area contributed by atoms with Gasteiger partial charge in [0.15, 0.2) is 0 Å². The molecule has 0 aliphatic rings. The van der Waals surface area contributed by atoms with Gasteiger partial charge in [0.05, 0.1) is 23.3 Å². The maximum Gasteiger partial charge on any atom is 0.261 e. The second kappa shape index (κ2) is 10.9. The molecule has 3 N–H and O–H groups in total. The fourth-order valence-corrected chi connectivity index (χ4v) is 4.18. The van der Waals surface area contributed by atoms with E-state index in [-0.39, 0.29) is 23.6 Å². The Morgan fingerprint density at radius 1 is 1.00 bits per heavy atom. The lowest BCUT2D eigenvalue weighted by Crippen LogP contribution is -2.15. The summed E-state index contributed by atoms with van der Waals surface area (Å²) in [4.78, 5) is 0.133. The van der Waals surface area contributed by atoms with Crippen LogP contribution in [0.15, 0.2) is 89.8 Å². The fraction of sp³-hybridized carbons (Fsp3) is 0.200. The van der Waals surface area contributed by atoms with E-state index in [1.165, 1.54) is 18.2 Å². The minimum Gasteiger partial charge on any atom is -0.489 e. The van der Waals surface area contributed by atoms with Gasteiger partial charge in [-0.3, -0.25) is 4.72 Å². The SMILES string of the molecule is Cc1ccc(S(=O)(=O)Nc2ccc(OCc3ccccc3)cc2C(O)C/C=C\CO)cc1. The molecule has 0 radical (unpaired) electrons. The topological polar surface area (TPSA) is 95.9 Å². The standard InChI is InChI=1S/C25H27NO5S/c1-19-10-13-22(14-11-19)32(29,30)26-24-15-12-21(31-18-20-7-3-2-4-8-20)17-23(24)25(28)9-5-6-16-27/h2-8,10-15,17,25-28H,9,16,18H2,1H3/b6-5-. The number of anilines is 1. The summed E-state index contributed by atoms with van der Waals surface area (Å²) in [6.45, 7) is 2.08. The highest BCUT2D eigenvalue weighted by Crippen LogP contribution is 2.32. The Morgan fingerprint density at radius 3 is 2.41 bits per heavy atom. The predicted molar refractivity (Wildman–Crippen MR) is 125 cm³/mol. The molecule has 0 saturated carbocycles. The van der Waals surface area contributed by atoms with Gasteiger partial charge in [-0.25, -0.2) is 8.42 Å². The average molecular weight is 454 g/mol. The van der Waals surface area contributed by atoms with E-state index in [9.17, 15) is 13.5 Å². The van der Waals surface area contributed by atoms with Crippen molar-refractivity contribution in [1.29, 1.82) is 0 Å². The van der Waals surface area contributed by atoms with Crippen LogP contribution in [0.25, 0.3) is 0 Å². The number of benzene rings is 3. The van der Waals surface area contributed by atoms with Gasteiger partial charge in [-0.2, -0.15) is 0 Å².